The first-order valence-electron chi connectivity index (χ1n) is 8.23. The summed E-state index contributed by atoms with van der Waals surface area (Å²) in [5.41, 5.74) is 2.47. The highest BCUT2D eigenvalue weighted by atomic mass is 16.3. The van der Waals surface area contributed by atoms with Gasteiger partial charge in [-0.15, -0.1) is 0 Å². The van der Waals surface area contributed by atoms with Gasteiger partial charge in [0, 0.05) is 30.4 Å². The Labute approximate surface area is 134 Å². The average Bonchev–Trinajstić information content (AvgIpc) is 3.27. The number of furan rings is 1. The molecule has 2 aromatic rings. The zero-order valence-corrected chi connectivity index (χ0v) is 13.0. The van der Waals surface area contributed by atoms with Gasteiger partial charge in [0.05, 0.1) is 6.26 Å². The molecule has 0 spiro atoms. The normalized spacial score (nSPS) is 18.0. The predicted octanol–water partition coefficient (Wildman–Crippen LogP) is 2.28. The lowest BCUT2D eigenvalue weighted by Gasteiger charge is -2.32. The summed E-state index contributed by atoms with van der Waals surface area (Å²) in [4.78, 5) is 22.9. The highest BCUT2D eigenvalue weighted by Gasteiger charge is 2.26. The molecule has 1 fully saturated rings. The van der Waals surface area contributed by atoms with Crippen molar-refractivity contribution in [3.63, 3.8) is 0 Å². The van der Waals surface area contributed by atoms with Gasteiger partial charge in [-0.05, 0) is 44.2 Å². The van der Waals surface area contributed by atoms with Gasteiger partial charge < -0.3 is 14.6 Å². The molecule has 1 aliphatic carbocycles. The second kappa shape index (κ2) is 6.02. The van der Waals surface area contributed by atoms with Crippen molar-refractivity contribution in [2.75, 3.05) is 18.4 Å². The molecule has 0 radical (unpaired) electrons. The minimum atomic E-state index is -0.0172. The van der Waals surface area contributed by atoms with Crippen molar-refractivity contribution in [1.29, 1.82) is 0 Å². The Morgan fingerprint density at radius 1 is 1.26 bits per heavy atom. The molecule has 1 amide bonds. The number of fused-ring (bicyclic) bond motifs is 1. The molecule has 23 heavy (non-hydrogen) atoms. The standard InChI is InChI=1S/C17H20N4O2/c22-17(15-5-2-10-23-15)21-8-6-12(7-9-21)20-16-13-3-1-4-14(13)18-11-19-16/h2,5,10-12H,1,3-4,6-9H2,(H,18,19,20). The van der Waals surface area contributed by atoms with Gasteiger partial charge in [0.15, 0.2) is 5.76 Å². The van der Waals surface area contributed by atoms with E-state index in [1.54, 1.807) is 18.5 Å². The fourth-order valence-corrected chi connectivity index (χ4v) is 3.46. The Bertz CT molecular complexity index is 691. The maximum atomic E-state index is 12.3. The lowest BCUT2D eigenvalue weighted by atomic mass is 10.0. The fourth-order valence-electron chi connectivity index (χ4n) is 3.46. The molecule has 1 aliphatic heterocycles. The van der Waals surface area contributed by atoms with Crippen molar-refractivity contribution in [3.05, 3.63) is 41.7 Å². The largest absolute Gasteiger partial charge is 0.459 e. The molecule has 6 heteroatoms. The number of nitrogens with zero attached hydrogens (tertiary/aromatic N) is 3. The van der Waals surface area contributed by atoms with Gasteiger partial charge in [0.2, 0.25) is 0 Å². The highest BCUT2D eigenvalue weighted by molar-refractivity contribution is 5.91. The summed E-state index contributed by atoms with van der Waals surface area (Å²) in [6, 6.07) is 3.82. The molecule has 120 valence electrons. The van der Waals surface area contributed by atoms with Crippen LogP contribution in [0.15, 0.2) is 29.1 Å². The summed E-state index contributed by atoms with van der Waals surface area (Å²) in [7, 11) is 0. The summed E-state index contributed by atoms with van der Waals surface area (Å²) < 4.78 is 5.20. The minimum absolute atomic E-state index is 0.0172. The molecule has 2 aromatic heterocycles. The molecule has 6 nitrogen and oxygen atoms in total. The van der Waals surface area contributed by atoms with Crippen LogP contribution in [-0.4, -0.2) is 39.9 Å². The number of amides is 1. The quantitative estimate of drug-likeness (QED) is 0.941. The van der Waals surface area contributed by atoms with Crippen LogP contribution in [0.4, 0.5) is 5.82 Å². The molecule has 0 unspecified atom stereocenters. The molecule has 0 atom stereocenters. The molecular weight excluding hydrogens is 292 g/mol. The van der Waals surface area contributed by atoms with Gasteiger partial charge in [0.1, 0.15) is 12.1 Å². The molecule has 4 rings (SSSR count). The molecule has 0 bridgehead atoms. The molecule has 1 N–H and O–H groups in total. The number of likely N-dealkylation sites (tertiary alicyclic amines) is 1. The average molecular weight is 312 g/mol. The summed E-state index contributed by atoms with van der Waals surface area (Å²) in [5, 5.41) is 3.56. The van der Waals surface area contributed by atoms with E-state index in [4.69, 9.17) is 4.42 Å². The zero-order chi connectivity index (χ0) is 15.6. The van der Waals surface area contributed by atoms with Crippen molar-refractivity contribution in [1.82, 2.24) is 14.9 Å². The van der Waals surface area contributed by atoms with Crippen molar-refractivity contribution in [2.45, 2.75) is 38.1 Å². The van der Waals surface area contributed by atoms with Gasteiger partial charge >= 0.3 is 0 Å². The number of aromatic nitrogens is 2. The van der Waals surface area contributed by atoms with Crippen LogP contribution < -0.4 is 5.32 Å². The van der Waals surface area contributed by atoms with E-state index in [1.807, 2.05) is 4.90 Å². The molecule has 2 aliphatic rings. The van der Waals surface area contributed by atoms with Crippen LogP contribution >= 0.6 is 0 Å². The van der Waals surface area contributed by atoms with Crippen molar-refractivity contribution in [2.24, 2.45) is 0 Å². The van der Waals surface area contributed by atoms with E-state index in [-0.39, 0.29) is 5.91 Å². The van der Waals surface area contributed by atoms with Crippen LogP contribution in [0.3, 0.4) is 0 Å². The summed E-state index contributed by atoms with van der Waals surface area (Å²) in [6.07, 6.45) is 8.32. The van der Waals surface area contributed by atoms with Crippen LogP contribution in [0.2, 0.25) is 0 Å². The number of aryl methyl sites for hydroxylation is 1. The van der Waals surface area contributed by atoms with Crippen LogP contribution in [0.25, 0.3) is 0 Å². The Balaban J connectivity index is 1.37. The van der Waals surface area contributed by atoms with Crippen LogP contribution in [0.5, 0.6) is 0 Å². The first kappa shape index (κ1) is 14.2. The maximum Gasteiger partial charge on any atom is 0.289 e. The molecule has 1 saturated heterocycles. The summed E-state index contributed by atoms with van der Waals surface area (Å²) in [6.45, 7) is 1.48. The Kier molecular flexibility index (Phi) is 3.73. The molecule has 0 saturated carbocycles. The summed E-state index contributed by atoms with van der Waals surface area (Å²) in [5.74, 6) is 1.39. The van der Waals surface area contributed by atoms with E-state index in [0.29, 0.717) is 11.8 Å². The zero-order valence-electron chi connectivity index (χ0n) is 13.0. The number of carbonyl (C=O) groups is 1. The number of carbonyl (C=O) groups excluding carboxylic acids is 1. The monoisotopic (exact) mass is 312 g/mol. The number of piperidine rings is 1. The number of rotatable bonds is 3. The number of nitrogens with one attached hydrogen (secondary N) is 1. The second-order valence-corrected chi connectivity index (χ2v) is 6.19. The van der Waals surface area contributed by atoms with E-state index in [1.165, 1.54) is 23.9 Å². The number of hydrogen-bond donors (Lipinski definition) is 1. The smallest absolute Gasteiger partial charge is 0.289 e. The Morgan fingerprint density at radius 2 is 2.13 bits per heavy atom. The van der Waals surface area contributed by atoms with Crippen LogP contribution in [0, 0.1) is 0 Å². The van der Waals surface area contributed by atoms with Crippen LogP contribution in [-0.2, 0) is 12.8 Å². The maximum absolute atomic E-state index is 12.3. The molecular formula is C17H20N4O2. The second-order valence-electron chi connectivity index (χ2n) is 6.19. The van der Waals surface area contributed by atoms with E-state index in [0.717, 1.165) is 44.6 Å². The number of anilines is 1. The van der Waals surface area contributed by atoms with Crippen molar-refractivity contribution in [3.8, 4) is 0 Å². The predicted molar refractivity (Wildman–Crippen MR) is 85.3 cm³/mol. The van der Waals surface area contributed by atoms with Gasteiger partial charge in [0.25, 0.3) is 5.91 Å². The third-order valence-electron chi connectivity index (χ3n) is 4.73. The van der Waals surface area contributed by atoms with E-state index < -0.39 is 0 Å². The topological polar surface area (TPSA) is 71.3 Å². The van der Waals surface area contributed by atoms with Crippen molar-refractivity contribution < 1.29 is 9.21 Å². The van der Waals surface area contributed by atoms with E-state index >= 15 is 0 Å². The highest BCUT2D eigenvalue weighted by Crippen LogP contribution is 2.27. The Hall–Kier alpha value is -2.37. The van der Waals surface area contributed by atoms with Crippen molar-refractivity contribution >= 4 is 11.7 Å². The first-order valence-corrected chi connectivity index (χ1v) is 8.23. The Morgan fingerprint density at radius 3 is 2.91 bits per heavy atom. The van der Waals surface area contributed by atoms with Gasteiger partial charge in [-0.25, -0.2) is 9.97 Å². The lowest BCUT2D eigenvalue weighted by Crippen LogP contribution is -2.42. The van der Waals surface area contributed by atoms with E-state index in [2.05, 4.69) is 15.3 Å². The van der Waals surface area contributed by atoms with Gasteiger partial charge in [-0.3, -0.25) is 4.79 Å². The van der Waals surface area contributed by atoms with Crippen LogP contribution in [0.1, 0.15) is 41.1 Å². The van der Waals surface area contributed by atoms with Gasteiger partial charge in [-0.2, -0.15) is 0 Å². The number of hydrogen-bond acceptors (Lipinski definition) is 5. The van der Waals surface area contributed by atoms with Gasteiger partial charge in [-0.1, -0.05) is 0 Å². The third-order valence-corrected chi connectivity index (χ3v) is 4.73. The third kappa shape index (κ3) is 2.81. The lowest BCUT2D eigenvalue weighted by molar-refractivity contribution is 0.0686. The fraction of sp³-hybridized carbons (Fsp3) is 0.471. The van der Waals surface area contributed by atoms with E-state index in [9.17, 15) is 4.79 Å². The first-order chi connectivity index (χ1) is 11.3. The minimum Gasteiger partial charge on any atom is -0.459 e. The molecule has 0 aromatic carbocycles. The SMILES string of the molecule is O=C(c1ccco1)N1CCC(Nc2ncnc3c2CCC3)CC1. The summed E-state index contributed by atoms with van der Waals surface area (Å²) >= 11 is 0. The molecule has 3 heterocycles.